The molecule has 0 aliphatic carbocycles. The van der Waals surface area contributed by atoms with Crippen molar-refractivity contribution >= 4 is 0 Å². The van der Waals surface area contributed by atoms with Crippen molar-refractivity contribution in [1.29, 1.82) is 0 Å². The van der Waals surface area contributed by atoms with Gasteiger partial charge in [0, 0.05) is 0 Å². The number of aromatic hydroxyl groups is 1. The van der Waals surface area contributed by atoms with Crippen LogP contribution in [0.5, 0.6) is 5.75 Å². The van der Waals surface area contributed by atoms with Crippen LogP contribution in [0.3, 0.4) is 0 Å². The predicted molar refractivity (Wildman–Crippen MR) is 54.9 cm³/mol. The van der Waals surface area contributed by atoms with E-state index in [0.717, 1.165) is 17.5 Å². The predicted octanol–water partition coefficient (Wildman–Crippen LogP) is 2.15. The summed E-state index contributed by atoms with van der Waals surface area (Å²) in [4.78, 5) is 0. The summed E-state index contributed by atoms with van der Waals surface area (Å²) in [6.45, 7) is 4.71. The Balaban J connectivity index is 2.88. The molecule has 0 saturated heterocycles. The summed E-state index contributed by atoms with van der Waals surface area (Å²) in [6.07, 6.45) is 0.913. The summed E-state index contributed by atoms with van der Waals surface area (Å²) in [5.41, 5.74) is 7.55. The van der Waals surface area contributed by atoms with Gasteiger partial charge in [-0.1, -0.05) is 19.1 Å². The molecule has 2 nitrogen and oxygen atoms in total. The van der Waals surface area contributed by atoms with Crippen molar-refractivity contribution in [3.63, 3.8) is 0 Å². The SMILES string of the molecule is Cc1ccc(C(C)CCN)c(O)c1. The van der Waals surface area contributed by atoms with Gasteiger partial charge in [-0.3, -0.25) is 0 Å². The van der Waals surface area contributed by atoms with Crippen molar-refractivity contribution in [2.45, 2.75) is 26.2 Å². The van der Waals surface area contributed by atoms with Crippen LogP contribution in [0.4, 0.5) is 0 Å². The van der Waals surface area contributed by atoms with Crippen LogP contribution < -0.4 is 5.73 Å². The molecule has 1 aromatic rings. The molecule has 0 amide bonds. The van der Waals surface area contributed by atoms with Crippen molar-refractivity contribution in [3.8, 4) is 5.75 Å². The van der Waals surface area contributed by atoms with Gasteiger partial charge in [0.25, 0.3) is 0 Å². The van der Waals surface area contributed by atoms with Crippen molar-refractivity contribution in [1.82, 2.24) is 0 Å². The van der Waals surface area contributed by atoms with Crippen LogP contribution in [0.25, 0.3) is 0 Å². The van der Waals surface area contributed by atoms with Crippen LogP contribution in [0.15, 0.2) is 18.2 Å². The summed E-state index contributed by atoms with van der Waals surface area (Å²) >= 11 is 0. The molecule has 13 heavy (non-hydrogen) atoms. The van der Waals surface area contributed by atoms with Crippen molar-refractivity contribution < 1.29 is 5.11 Å². The van der Waals surface area contributed by atoms with Gasteiger partial charge in [0.15, 0.2) is 0 Å². The van der Waals surface area contributed by atoms with E-state index in [2.05, 4.69) is 6.92 Å². The molecular weight excluding hydrogens is 162 g/mol. The molecular formula is C11H17NO. The van der Waals surface area contributed by atoms with E-state index in [1.807, 2.05) is 19.1 Å². The van der Waals surface area contributed by atoms with Gasteiger partial charge in [-0.15, -0.1) is 0 Å². The second kappa shape index (κ2) is 4.28. The van der Waals surface area contributed by atoms with E-state index in [1.54, 1.807) is 6.07 Å². The molecule has 0 aromatic heterocycles. The van der Waals surface area contributed by atoms with Gasteiger partial charge in [-0.05, 0) is 43.0 Å². The molecule has 72 valence electrons. The molecule has 2 heteroatoms. The first-order chi connectivity index (χ1) is 6.15. The van der Waals surface area contributed by atoms with E-state index >= 15 is 0 Å². The largest absolute Gasteiger partial charge is 0.508 e. The molecule has 0 aliphatic heterocycles. The van der Waals surface area contributed by atoms with E-state index in [1.165, 1.54) is 0 Å². The third-order valence-electron chi connectivity index (χ3n) is 2.32. The van der Waals surface area contributed by atoms with Crippen LogP contribution in [0, 0.1) is 6.92 Å². The van der Waals surface area contributed by atoms with E-state index in [4.69, 9.17) is 5.73 Å². The first-order valence-electron chi connectivity index (χ1n) is 4.64. The Hall–Kier alpha value is -1.02. The van der Waals surface area contributed by atoms with E-state index in [-0.39, 0.29) is 0 Å². The molecule has 1 aromatic carbocycles. The lowest BCUT2D eigenvalue weighted by atomic mass is 9.96. The number of benzene rings is 1. The molecule has 0 saturated carbocycles. The number of aryl methyl sites for hydroxylation is 1. The number of phenolic OH excluding ortho intramolecular Hbond substituents is 1. The van der Waals surface area contributed by atoms with Crippen LogP contribution in [0.2, 0.25) is 0 Å². The molecule has 0 heterocycles. The lowest BCUT2D eigenvalue weighted by molar-refractivity contribution is 0.460. The lowest BCUT2D eigenvalue weighted by Gasteiger charge is -2.12. The van der Waals surface area contributed by atoms with Gasteiger partial charge < -0.3 is 10.8 Å². The van der Waals surface area contributed by atoms with E-state index in [9.17, 15) is 5.11 Å². The molecule has 0 radical (unpaired) electrons. The fourth-order valence-corrected chi connectivity index (χ4v) is 1.48. The number of hydrogen-bond donors (Lipinski definition) is 2. The Morgan fingerprint density at radius 2 is 2.15 bits per heavy atom. The summed E-state index contributed by atoms with van der Waals surface area (Å²) in [7, 11) is 0. The monoisotopic (exact) mass is 179 g/mol. The maximum Gasteiger partial charge on any atom is 0.119 e. The highest BCUT2D eigenvalue weighted by atomic mass is 16.3. The smallest absolute Gasteiger partial charge is 0.119 e. The number of phenols is 1. The average Bonchev–Trinajstić information content (AvgIpc) is 2.04. The molecule has 0 bridgehead atoms. The summed E-state index contributed by atoms with van der Waals surface area (Å²) < 4.78 is 0. The highest BCUT2D eigenvalue weighted by molar-refractivity contribution is 5.38. The van der Waals surface area contributed by atoms with Gasteiger partial charge in [0.05, 0.1) is 0 Å². The molecule has 1 atom stereocenters. The highest BCUT2D eigenvalue weighted by Gasteiger charge is 2.08. The minimum absolute atomic E-state index is 0.339. The first-order valence-corrected chi connectivity index (χ1v) is 4.64. The van der Waals surface area contributed by atoms with Gasteiger partial charge in [-0.25, -0.2) is 0 Å². The van der Waals surface area contributed by atoms with E-state index < -0.39 is 0 Å². The molecule has 3 N–H and O–H groups in total. The maximum absolute atomic E-state index is 9.65. The normalized spacial score (nSPS) is 12.8. The zero-order chi connectivity index (χ0) is 9.84. The Kier molecular flexibility index (Phi) is 3.32. The third kappa shape index (κ3) is 2.46. The second-order valence-corrected chi connectivity index (χ2v) is 3.54. The Labute approximate surface area is 79.4 Å². The Bertz CT molecular complexity index is 283. The molecule has 0 fully saturated rings. The number of rotatable bonds is 3. The number of hydrogen-bond acceptors (Lipinski definition) is 2. The number of nitrogens with two attached hydrogens (primary N) is 1. The van der Waals surface area contributed by atoms with Crippen LogP contribution >= 0.6 is 0 Å². The quantitative estimate of drug-likeness (QED) is 0.746. The summed E-state index contributed by atoms with van der Waals surface area (Å²) in [5.74, 6) is 0.728. The lowest BCUT2D eigenvalue weighted by Crippen LogP contribution is -2.04. The molecule has 1 unspecified atom stereocenters. The van der Waals surface area contributed by atoms with Crippen LogP contribution in [-0.2, 0) is 0 Å². The average molecular weight is 179 g/mol. The fourth-order valence-electron chi connectivity index (χ4n) is 1.48. The van der Waals surface area contributed by atoms with Gasteiger partial charge in [0.1, 0.15) is 5.75 Å². The molecule has 1 rings (SSSR count). The van der Waals surface area contributed by atoms with Crippen molar-refractivity contribution in [3.05, 3.63) is 29.3 Å². The van der Waals surface area contributed by atoms with Gasteiger partial charge in [0.2, 0.25) is 0 Å². The Morgan fingerprint density at radius 3 is 2.69 bits per heavy atom. The van der Waals surface area contributed by atoms with Crippen molar-refractivity contribution in [2.24, 2.45) is 5.73 Å². The van der Waals surface area contributed by atoms with Gasteiger partial charge in [-0.2, -0.15) is 0 Å². The molecule has 0 spiro atoms. The van der Waals surface area contributed by atoms with Crippen LogP contribution in [-0.4, -0.2) is 11.7 Å². The molecule has 0 aliphatic rings. The summed E-state index contributed by atoms with van der Waals surface area (Å²) in [5, 5.41) is 9.65. The minimum atomic E-state index is 0.339. The maximum atomic E-state index is 9.65. The highest BCUT2D eigenvalue weighted by Crippen LogP contribution is 2.28. The van der Waals surface area contributed by atoms with Crippen LogP contribution in [0.1, 0.15) is 30.4 Å². The standard InChI is InChI=1S/C11H17NO/c1-8-3-4-10(11(13)7-8)9(2)5-6-12/h3-4,7,9,13H,5-6,12H2,1-2H3. The van der Waals surface area contributed by atoms with E-state index in [0.29, 0.717) is 18.2 Å². The zero-order valence-electron chi connectivity index (χ0n) is 8.25. The second-order valence-electron chi connectivity index (χ2n) is 3.54. The topological polar surface area (TPSA) is 46.2 Å². The zero-order valence-corrected chi connectivity index (χ0v) is 8.25. The minimum Gasteiger partial charge on any atom is -0.508 e. The third-order valence-corrected chi connectivity index (χ3v) is 2.32. The van der Waals surface area contributed by atoms with Gasteiger partial charge >= 0.3 is 0 Å². The summed E-state index contributed by atoms with van der Waals surface area (Å²) in [6, 6.07) is 5.79. The fraction of sp³-hybridized carbons (Fsp3) is 0.455. The Morgan fingerprint density at radius 1 is 1.46 bits per heavy atom. The first kappa shape index (κ1) is 10.1. The van der Waals surface area contributed by atoms with Crippen molar-refractivity contribution in [2.75, 3.05) is 6.54 Å².